The Balaban J connectivity index is 1.92. The lowest BCUT2D eigenvalue weighted by Gasteiger charge is -2.12. The fraction of sp³-hybridized carbons (Fsp3) is 0.263. The Labute approximate surface area is 168 Å². The van der Waals surface area contributed by atoms with Gasteiger partial charge in [0.05, 0.1) is 19.2 Å². The Morgan fingerprint density at radius 1 is 1.14 bits per heavy atom. The second-order valence-corrected chi connectivity index (χ2v) is 8.04. The summed E-state index contributed by atoms with van der Waals surface area (Å²) in [5, 5.41) is 2.52. The molecule has 0 spiro atoms. The highest BCUT2D eigenvalue weighted by Gasteiger charge is 2.23. The third-order valence-electron chi connectivity index (χ3n) is 4.03. The van der Waals surface area contributed by atoms with Crippen LogP contribution in [0.25, 0.3) is 5.52 Å². The molecule has 2 aromatic heterocycles. The minimum Gasteiger partial charge on any atom is -0.493 e. The zero-order valence-electron chi connectivity index (χ0n) is 16.2. The first-order valence-corrected chi connectivity index (χ1v) is 10.5. The van der Waals surface area contributed by atoms with Crippen molar-refractivity contribution in [1.29, 1.82) is 0 Å². The maximum atomic E-state index is 12.8. The lowest BCUT2D eigenvalue weighted by Crippen LogP contribution is -2.13. The van der Waals surface area contributed by atoms with Crippen LogP contribution in [0.15, 0.2) is 47.8 Å². The predicted octanol–water partition coefficient (Wildman–Crippen LogP) is 2.02. The third-order valence-corrected chi connectivity index (χ3v) is 4.98. The number of aromatic nitrogens is 2. The van der Waals surface area contributed by atoms with Crippen LogP contribution in [0.1, 0.15) is 10.5 Å². The monoisotopic (exact) mass is 419 g/mol. The molecule has 154 valence electrons. The average Bonchev–Trinajstić information content (AvgIpc) is 3.09. The van der Waals surface area contributed by atoms with E-state index in [1.165, 1.54) is 11.5 Å². The number of hydrogen-bond acceptors (Lipinski definition) is 7. The molecule has 1 amide bonds. The minimum atomic E-state index is -3.62. The van der Waals surface area contributed by atoms with Gasteiger partial charge in [-0.2, -0.15) is 0 Å². The Morgan fingerprint density at radius 2 is 1.93 bits per heavy atom. The van der Waals surface area contributed by atoms with Crippen LogP contribution < -0.4 is 14.8 Å². The van der Waals surface area contributed by atoms with E-state index in [0.29, 0.717) is 35.9 Å². The van der Waals surface area contributed by atoms with Gasteiger partial charge in [-0.25, -0.2) is 13.4 Å². The van der Waals surface area contributed by atoms with Gasteiger partial charge in [0.2, 0.25) is 15.0 Å². The number of carbonyl (C=O) groups is 1. The van der Waals surface area contributed by atoms with Gasteiger partial charge in [-0.15, -0.1) is 0 Å². The second kappa shape index (κ2) is 8.50. The number of anilines is 1. The number of imidazole rings is 1. The summed E-state index contributed by atoms with van der Waals surface area (Å²) in [5.74, 6) is 0.399. The van der Waals surface area contributed by atoms with Crippen LogP contribution in [-0.4, -0.2) is 57.4 Å². The number of ether oxygens (including phenoxy) is 3. The van der Waals surface area contributed by atoms with Gasteiger partial charge in [-0.3, -0.25) is 9.20 Å². The highest BCUT2D eigenvalue weighted by Crippen LogP contribution is 2.30. The molecule has 2 heterocycles. The van der Waals surface area contributed by atoms with Crippen LogP contribution in [0.5, 0.6) is 11.5 Å². The summed E-state index contributed by atoms with van der Waals surface area (Å²) in [6, 6.07) is 9.92. The summed E-state index contributed by atoms with van der Waals surface area (Å²) >= 11 is 0. The lowest BCUT2D eigenvalue weighted by molar-refractivity contribution is 0.102. The average molecular weight is 419 g/mol. The highest BCUT2D eigenvalue weighted by atomic mass is 32.2. The molecular formula is C19H21N3O6S. The topological polar surface area (TPSA) is 108 Å². The van der Waals surface area contributed by atoms with Crippen LogP contribution in [0.3, 0.4) is 0 Å². The standard InChI is InChI=1S/C19H21N3O6S/c1-26-10-11-28-16-12-13(7-8-15(16)27-2)20-18(23)17-14-6-4-5-9-22(14)19(21-17)29(3,24)25/h4-9,12H,10-11H2,1-3H3,(H,20,23). The molecular weight excluding hydrogens is 398 g/mol. The molecule has 1 N–H and O–H groups in total. The van der Waals surface area contributed by atoms with Crippen molar-refractivity contribution in [3.63, 3.8) is 0 Å². The predicted molar refractivity (Wildman–Crippen MR) is 107 cm³/mol. The van der Waals surface area contributed by atoms with E-state index >= 15 is 0 Å². The molecule has 1 aromatic carbocycles. The molecule has 0 aliphatic heterocycles. The number of benzene rings is 1. The maximum Gasteiger partial charge on any atom is 0.276 e. The van der Waals surface area contributed by atoms with Crippen LogP contribution in [0, 0.1) is 0 Å². The summed E-state index contributed by atoms with van der Waals surface area (Å²) < 4.78 is 41.3. The van der Waals surface area contributed by atoms with Crippen molar-refractivity contribution in [2.75, 3.05) is 39.0 Å². The SMILES string of the molecule is COCCOc1cc(NC(=O)c2nc(S(C)(=O)=O)n3ccccc23)ccc1OC. The number of methoxy groups -OCH3 is 2. The largest absolute Gasteiger partial charge is 0.493 e. The molecule has 0 aliphatic rings. The maximum absolute atomic E-state index is 12.8. The molecule has 0 aliphatic carbocycles. The van der Waals surface area contributed by atoms with Gasteiger partial charge in [0.1, 0.15) is 6.61 Å². The Kier molecular flexibility index (Phi) is 6.04. The van der Waals surface area contributed by atoms with E-state index in [2.05, 4.69) is 10.3 Å². The molecule has 0 saturated carbocycles. The van der Waals surface area contributed by atoms with Gasteiger partial charge in [-0.1, -0.05) is 6.07 Å². The molecule has 0 fully saturated rings. The van der Waals surface area contributed by atoms with E-state index in [0.717, 1.165) is 6.26 Å². The van der Waals surface area contributed by atoms with Crippen molar-refractivity contribution in [1.82, 2.24) is 9.38 Å². The van der Waals surface area contributed by atoms with Gasteiger partial charge in [0.15, 0.2) is 17.2 Å². The third kappa shape index (κ3) is 4.49. The fourth-order valence-corrected chi connectivity index (χ4v) is 3.50. The summed E-state index contributed by atoms with van der Waals surface area (Å²) in [6.45, 7) is 0.711. The number of nitrogens with one attached hydrogen (secondary N) is 1. The Bertz CT molecular complexity index is 1140. The first-order valence-electron chi connectivity index (χ1n) is 8.63. The summed E-state index contributed by atoms with van der Waals surface area (Å²) in [4.78, 5) is 16.9. The zero-order valence-corrected chi connectivity index (χ0v) is 17.0. The van der Waals surface area contributed by atoms with E-state index in [-0.39, 0.29) is 10.9 Å². The van der Waals surface area contributed by atoms with Crippen molar-refractivity contribution < 1.29 is 27.4 Å². The van der Waals surface area contributed by atoms with Gasteiger partial charge in [0.25, 0.3) is 5.91 Å². The van der Waals surface area contributed by atoms with Crippen molar-refractivity contribution in [2.24, 2.45) is 0 Å². The quantitative estimate of drug-likeness (QED) is 0.557. The number of amides is 1. The van der Waals surface area contributed by atoms with Gasteiger partial charge < -0.3 is 19.5 Å². The normalized spacial score (nSPS) is 11.4. The second-order valence-electron chi connectivity index (χ2n) is 6.13. The van der Waals surface area contributed by atoms with Crippen molar-refractivity contribution in [3.05, 3.63) is 48.3 Å². The number of sulfone groups is 1. The fourth-order valence-electron chi connectivity index (χ4n) is 2.73. The number of nitrogens with zero attached hydrogens (tertiary/aromatic N) is 2. The number of fused-ring (bicyclic) bond motifs is 1. The van der Waals surface area contributed by atoms with Crippen LogP contribution in [0.2, 0.25) is 0 Å². The molecule has 0 bridgehead atoms. The van der Waals surface area contributed by atoms with E-state index in [1.54, 1.807) is 49.7 Å². The van der Waals surface area contributed by atoms with Crippen LogP contribution in [0.4, 0.5) is 5.69 Å². The van der Waals surface area contributed by atoms with Crippen molar-refractivity contribution in [3.8, 4) is 11.5 Å². The Hall–Kier alpha value is -3.11. The molecule has 3 aromatic rings. The van der Waals surface area contributed by atoms with E-state index in [1.807, 2.05) is 0 Å². The van der Waals surface area contributed by atoms with Gasteiger partial charge in [0, 0.05) is 31.3 Å². The van der Waals surface area contributed by atoms with Gasteiger partial charge >= 0.3 is 0 Å². The summed E-state index contributed by atoms with van der Waals surface area (Å²) in [5.41, 5.74) is 0.834. The van der Waals surface area contributed by atoms with Crippen LogP contribution in [-0.2, 0) is 14.6 Å². The molecule has 0 atom stereocenters. The number of carbonyl (C=O) groups excluding carboxylic acids is 1. The first kappa shape index (κ1) is 20.6. The zero-order chi connectivity index (χ0) is 21.0. The lowest BCUT2D eigenvalue weighted by atomic mass is 10.2. The molecule has 10 heteroatoms. The first-order chi connectivity index (χ1) is 13.8. The minimum absolute atomic E-state index is 0.00342. The molecule has 0 radical (unpaired) electrons. The van der Waals surface area contributed by atoms with E-state index < -0.39 is 15.7 Å². The number of rotatable bonds is 8. The number of hydrogen-bond donors (Lipinski definition) is 1. The van der Waals surface area contributed by atoms with E-state index in [4.69, 9.17) is 14.2 Å². The number of pyridine rings is 1. The highest BCUT2D eigenvalue weighted by molar-refractivity contribution is 7.90. The van der Waals surface area contributed by atoms with E-state index in [9.17, 15) is 13.2 Å². The molecule has 0 saturated heterocycles. The van der Waals surface area contributed by atoms with Crippen molar-refractivity contribution >= 4 is 26.9 Å². The smallest absolute Gasteiger partial charge is 0.276 e. The molecule has 9 nitrogen and oxygen atoms in total. The van der Waals surface area contributed by atoms with Gasteiger partial charge in [-0.05, 0) is 24.3 Å². The van der Waals surface area contributed by atoms with Crippen LogP contribution >= 0.6 is 0 Å². The summed E-state index contributed by atoms with van der Waals surface area (Å²) in [6.07, 6.45) is 2.59. The summed E-state index contributed by atoms with van der Waals surface area (Å²) in [7, 11) is -0.539. The molecule has 29 heavy (non-hydrogen) atoms. The molecule has 3 rings (SSSR count). The Morgan fingerprint density at radius 3 is 2.62 bits per heavy atom. The molecule has 0 unspecified atom stereocenters. The van der Waals surface area contributed by atoms with Crippen molar-refractivity contribution in [2.45, 2.75) is 5.16 Å².